The molecule has 1 aliphatic carbocycles. The fourth-order valence-electron chi connectivity index (χ4n) is 3.36. The highest BCUT2D eigenvalue weighted by molar-refractivity contribution is 5.99. The third-order valence-corrected chi connectivity index (χ3v) is 4.26. The van der Waals surface area contributed by atoms with Crippen molar-refractivity contribution in [2.75, 3.05) is 7.11 Å². The molecule has 96 valence electrons. The summed E-state index contributed by atoms with van der Waals surface area (Å²) in [5.41, 5.74) is 6.92. The Morgan fingerprint density at radius 3 is 2.72 bits per heavy atom. The maximum atomic E-state index is 5.13. The van der Waals surface area contributed by atoms with Gasteiger partial charge in [-0.3, -0.25) is 10.3 Å². The van der Waals surface area contributed by atoms with Gasteiger partial charge in [0.15, 0.2) is 0 Å². The maximum Gasteiger partial charge on any atom is 0.137 e. The number of benzene rings is 1. The van der Waals surface area contributed by atoms with Crippen LogP contribution in [0, 0.1) is 6.92 Å². The van der Waals surface area contributed by atoms with Crippen LogP contribution >= 0.6 is 0 Å². The van der Waals surface area contributed by atoms with Gasteiger partial charge in [0.25, 0.3) is 0 Å². The largest absolute Gasteiger partial charge is 0.278 e. The van der Waals surface area contributed by atoms with Crippen molar-refractivity contribution in [1.82, 2.24) is 5.48 Å². The zero-order chi connectivity index (χ0) is 12.6. The van der Waals surface area contributed by atoms with Crippen LogP contribution in [0.15, 0.2) is 23.2 Å². The molecule has 1 spiro atoms. The van der Waals surface area contributed by atoms with Crippen molar-refractivity contribution in [3.8, 4) is 0 Å². The Kier molecular flexibility index (Phi) is 2.86. The summed E-state index contributed by atoms with van der Waals surface area (Å²) >= 11 is 0. The number of aryl methyl sites for hydroxylation is 1. The molecule has 3 rings (SSSR count). The first-order valence-electron chi connectivity index (χ1n) is 6.75. The van der Waals surface area contributed by atoms with Gasteiger partial charge < -0.3 is 0 Å². The molecule has 2 aliphatic rings. The Morgan fingerprint density at radius 1 is 1.22 bits per heavy atom. The number of nitrogens with one attached hydrogen (secondary N) is 1. The predicted molar refractivity (Wildman–Crippen MR) is 73.2 cm³/mol. The first-order valence-corrected chi connectivity index (χ1v) is 6.75. The summed E-state index contributed by atoms with van der Waals surface area (Å²) < 4.78 is 0. The highest BCUT2D eigenvalue weighted by Gasteiger charge is 2.44. The number of rotatable bonds is 1. The van der Waals surface area contributed by atoms with E-state index in [1.54, 1.807) is 7.11 Å². The molecule has 0 atom stereocenters. The van der Waals surface area contributed by atoms with Crippen LogP contribution in [0.5, 0.6) is 0 Å². The molecular weight excluding hydrogens is 224 g/mol. The summed E-state index contributed by atoms with van der Waals surface area (Å²) in [6, 6.07) is 6.56. The molecule has 0 amide bonds. The van der Waals surface area contributed by atoms with Gasteiger partial charge in [0.2, 0.25) is 0 Å². The predicted octanol–water partition coefficient (Wildman–Crippen LogP) is 3.39. The summed E-state index contributed by atoms with van der Waals surface area (Å²) in [4.78, 5) is 9.87. The van der Waals surface area contributed by atoms with Crippen LogP contribution in [0.4, 0.5) is 5.69 Å². The van der Waals surface area contributed by atoms with Gasteiger partial charge in [-0.15, -0.1) is 0 Å². The lowest BCUT2D eigenvalue weighted by Crippen LogP contribution is -2.43. The lowest BCUT2D eigenvalue weighted by Gasteiger charge is -2.35. The monoisotopic (exact) mass is 244 g/mol. The lowest BCUT2D eigenvalue weighted by atomic mass is 9.69. The molecule has 1 saturated carbocycles. The summed E-state index contributed by atoms with van der Waals surface area (Å²) in [5.74, 6) is 1.00. The van der Waals surface area contributed by atoms with E-state index in [1.807, 2.05) is 0 Å². The molecule has 3 heteroatoms. The van der Waals surface area contributed by atoms with E-state index in [0.717, 1.165) is 11.5 Å². The zero-order valence-corrected chi connectivity index (χ0v) is 11.1. The highest BCUT2D eigenvalue weighted by atomic mass is 16.6. The molecule has 0 unspecified atom stereocenters. The van der Waals surface area contributed by atoms with E-state index in [1.165, 1.54) is 43.2 Å². The van der Waals surface area contributed by atoms with Gasteiger partial charge in [-0.1, -0.05) is 37.0 Å². The molecule has 0 saturated heterocycles. The molecule has 1 aromatic rings. The maximum absolute atomic E-state index is 5.13. The van der Waals surface area contributed by atoms with Crippen LogP contribution in [0.3, 0.4) is 0 Å². The third kappa shape index (κ3) is 1.65. The molecule has 18 heavy (non-hydrogen) atoms. The van der Waals surface area contributed by atoms with Crippen LogP contribution in [0.1, 0.15) is 43.2 Å². The zero-order valence-electron chi connectivity index (χ0n) is 11.1. The second-order valence-corrected chi connectivity index (χ2v) is 5.43. The van der Waals surface area contributed by atoms with Crippen molar-refractivity contribution < 1.29 is 4.84 Å². The molecule has 0 bridgehead atoms. The third-order valence-electron chi connectivity index (χ3n) is 4.26. The van der Waals surface area contributed by atoms with Crippen LogP contribution in [-0.4, -0.2) is 12.9 Å². The number of hydrogen-bond donors (Lipinski definition) is 1. The minimum absolute atomic E-state index is 0.0790. The van der Waals surface area contributed by atoms with E-state index >= 15 is 0 Å². The Hall–Kier alpha value is -1.35. The van der Waals surface area contributed by atoms with Crippen LogP contribution in [0.2, 0.25) is 0 Å². The standard InChI is InChI=1S/C15H20N2O/c1-11-6-7-13-12(10-11)15(8-4-3-5-9-15)14(16-13)17-18-2/h6-7,10H,3-5,8-9H2,1-2H3,(H,16,17). The lowest BCUT2D eigenvalue weighted by molar-refractivity contribution is 0.136. The van der Waals surface area contributed by atoms with Gasteiger partial charge in [-0.25, -0.2) is 4.99 Å². The summed E-state index contributed by atoms with van der Waals surface area (Å²) in [5, 5.41) is 0. The van der Waals surface area contributed by atoms with E-state index in [-0.39, 0.29) is 5.41 Å². The number of hydrogen-bond acceptors (Lipinski definition) is 3. The molecule has 1 heterocycles. The fraction of sp³-hybridized carbons (Fsp3) is 0.533. The van der Waals surface area contributed by atoms with Gasteiger partial charge in [0.1, 0.15) is 5.84 Å². The summed E-state index contributed by atoms with van der Waals surface area (Å²) in [6.45, 7) is 2.15. The molecule has 1 aromatic carbocycles. The van der Waals surface area contributed by atoms with Crippen LogP contribution in [-0.2, 0) is 10.3 Å². The topological polar surface area (TPSA) is 33.6 Å². The molecule has 1 aliphatic heterocycles. The van der Waals surface area contributed by atoms with Crippen molar-refractivity contribution >= 4 is 11.5 Å². The van der Waals surface area contributed by atoms with Gasteiger partial charge in [-0.2, -0.15) is 0 Å². The SMILES string of the molecule is CONC1=Nc2ccc(C)cc2C12CCCCC2. The molecule has 0 aromatic heterocycles. The van der Waals surface area contributed by atoms with Gasteiger partial charge in [0.05, 0.1) is 18.2 Å². The highest BCUT2D eigenvalue weighted by Crippen LogP contribution is 2.48. The minimum Gasteiger partial charge on any atom is -0.278 e. The van der Waals surface area contributed by atoms with E-state index in [9.17, 15) is 0 Å². The number of amidine groups is 1. The van der Waals surface area contributed by atoms with Crippen LogP contribution in [0.25, 0.3) is 0 Å². The smallest absolute Gasteiger partial charge is 0.137 e. The number of aliphatic imine (C=N–C) groups is 1. The van der Waals surface area contributed by atoms with Crippen molar-refractivity contribution in [2.45, 2.75) is 44.4 Å². The molecule has 0 radical (unpaired) electrons. The second-order valence-electron chi connectivity index (χ2n) is 5.43. The van der Waals surface area contributed by atoms with E-state index in [2.05, 4.69) is 30.6 Å². The summed E-state index contributed by atoms with van der Waals surface area (Å²) in [7, 11) is 1.66. The Labute approximate surface area is 108 Å². The van der Waals surface area contributed by atoms with Crippen molar-refractivity contribution in [3.63, 3.8) is 0 Å². The Bertz CT molecular complexity index is 487. The molecular formula is C15H20N2O. The van der Waals surface area contributed by atoms with Crippen molar-refractivity contribution in [3.05, 3.63) is 29.3 Å². The van der Waals surface area contributed by atoms with Crippen molar-refractivity contribution in [2.24, 2.45) is 4.99 Å². The Balaban J connectivity index is 2.08. The van der Waals surface area contributed by atoms with E-state index < -0.39 is 0 Å². The first-order chi connectivity index (χ1) is 8.76. The fourth-order valence-corrected chi connectivity index (χ4v) is 3.36. The quantitative estimate of drug-likeness (QED) is 0.768. The van der Waals surface area contributed by atoms with Crippen LogP contribution < -0.4 is 5.48 Å². The average Bonchev–Trinajstić information content (AvgIpc) is 2.66. The van der Waals surface area contributed by atoms with Crippen molar-refractivity contribution in [1.29, 1.82) is 0 Å². The second kappa shape index (κ2) is 4.39. The number of fused-ring (bicyclic) bond motifs is 2. The average molecular weight is 244 g/mol. The van der Waals surface area contributed by atoms with E-state index in [0.29, 0.717) is 0 Å². The van der Waals surface area contributed by atoms with Gasteiger partial charge in [-0.05, 0) is 31.4 Å². The van der Waals surface area contributed by atoms with E-state index in [4.69, 9.17) is 9.83 Å². The van der Waals surface area contributed by atoms with Gasteiger partial charge >= 0.3 is 0 Å². The number of hydroxylamine groups is 1. The Morgan fingerprint density at radius 2 is 2.00 bits per heavy atom. The van der Waals surface area contributed by atoms with Gasteiger partial charge in [0, 0.05) is 0 Å². The molecule has 3 nitrogen and oxygen atoms in total. The minimum atomic E-state index is 0.0790. The summed E-state index contributed by atoms with van der Waals surface area (Å²) in [6.07, 6.45) is 6.25. The first kappa shape index (κ1) is 11.7. The molecule has 1 fully saturated rings. The number of nitrogens with zero attached hydrogens (tertiary/aromatic N) is 1. The normalized spacial score (nSPS) is 20.7. The molecule has 1 N–H and O–H groups in total.